The first-order valence-corrected chi connectivity index (χ1v) is 9.22. The van der Waals surface area contributed by atoms with E-state index in [4.69, 9.17) is 11.6 Å². The molecule has 0 fully saturated rings. The summed E-state index contributed by atoms with van der Waals surface area (Å²) in [5.74, 6) is -0.0569. The second-order valence-corrected chi connectivity index (χ2v) is 7.29. The molecule has 0 bridgehead atoms. The van der Waals surface area contributed by atoms with E-state index in [0.29, 0.717) is 16.1 Å². The van der Waals surface area contributed by atoms with Crippen LogP contribution in [0.15, 0.2) is 65.6 Å². The van der Waals surface area contributed by atoms with E-state index >= 15 is 0 Å². The summed E-state index contributed by atoms with van der Waals surface area (Å²) in [6, 6.07) is 16.6. The number of pyridine rings is 1. The lowest BCUT2D eigenvalue weighted by Crippen LogP contribution is -2.26. The predicted molar refractivity (Wildman–Crippen MR) is 112 cm³/mol. The van der Waals surface area contributed by atoms with Crippen LogP contribution in [0, 0.1) is 0 Å². The van der Waals surface area contributed by atoms with E-state index < -0.39 is 0 Å². The molecule has 0 aliphatic rings. The molecule has 1 amide bonds. The first-order valence-electron chi connectivity index (χ1n) is 8.84. The minimum atomic E-state index is -0.232. The number of hydrogen-bond donors (Lipinski definition) is 0. The van der Waals surface area contributed by atoms with E-state index in [1.54, 1.807) is 38.5 Å². The van der Waals surface area contributed by atoms with E-state index in [-0.39, 0.29) is 17.9 Å². The van der Waals surface area contributed by atoms with E-state index in [0.717, 1.165) is 21.9 Å². The number of carbonyl (C=O) groups excluding carboxylic acids is 1. The highest BCUT2D eigenvalue weighted by Gasteiger charge is 2.17. The highest BCUT2D eigenvalue weighted by molar-refractivity contribution is 6.31. The Balaban J connectivity index is 2.11. The standard InChI is InChI=1S/C22H18ClN3O2/c1-25(2)20(27)11-16-10-19(14-6-4-3-5-7-14)22(28)26-21(16)18-12-17(23)9-8-15(18)13-24-26/h3-10,12-13H,11H2,1-2H3. The molecule has 28 heavy (non-hydrogen) atoms. The van der Waals surface area contributed by atoms with Gasteiger partial charge in [-0.05, 0) is 29.3 Å². The molecular weight excluding hydrogens is 374 g/mol. The van der Waals surface area contributed by atoms with Crippen LogP contribution in [-0.4, -0.2) is 34.5 Å². The summed E-state index contributed by atoms with van der Waals surface area (Å²) in [4.78, 5) is 27.2. The van der Waals surface area contributed by atoms with Crippen LogP contribution in [-0.2, 0) is 11.2 Å². The van der Waals surface area contributed by atoms with Gasteiger partial charge in [0.1, 0.15) is 0 Å². The van der Waals surface area contributed by atoms with Gasteiger partial charge in [-0.15, -0.1) is 0 Å². The Bertz CT molecular complexity index is 1260. The Kier molecular flexibility index (Phi) is 4.61. The molecular formula is C22H18ClN3O2. The van der Waals surface area contributed by atoms with Crippen molar-refractivity contribution in [1.82, 2.24) is 14.5 Å². The molecule has 0 N–H and O–H groups in total. The lowest BCUT2D eigenvalue weighted by molar-refractivity contribution is -0.127. The molecule has 0 unspecified atom stereocenters. The van der Waals surface area contributed by atoms with Crippen LogP contribution in [0.2, 0.25) is 5.02 Å². The molecule has 0 aliphatic heterocycles. The summed E-state index contributed by atoms with van der Waals surface area (Å²) < 4.78 is 1.37. The monoisotopic (exact) mass is 391 g/mol. The summed E-state index contributed by atoms with van der Waals surface area (Å²) in [5, 5.41) is 6.58. The normalized spacial score (nSPS) is 11.1. The number of halogens is 1. The lowest BCUT2D eigenvalue weighted by Gasteiger charge is -2.15. The van der Waals surface area contributed by atoms with Crippen LogP contribution in [0.5, 0.6) is 0 Å². The summed E-state index contributed by atoms with van der Waals surface area (Å²) in [6.07, 6.45) is 1.80. The molecule has 5 nitrogen and oxygen atoms in total. The highest BCUT2D eigenvalue weighted by Crippen LogP contribution is 2.27. The second-order valence-electron chi connectivity index (χ2n) is 6.86. The third-order valence-corrected chi connectivity index (χ3v) is 5.00. The minimum absolute atomic E-state index is 0.0569. The summed E-state index contributed by atoms with van der Waals surface area (Å²) >= 11 is 6.21. The van der Waals surface area contributed by atoms with Gasteiger partial charge in [-0.25, -0.2) is 0 Å². The third-order valence-electron chi connectivity index (χ3n) is 4.77. The van der Waals surface area contributed by atoms with Crippen molar-refractivity contribution in [3.63, 3.8) is 0 Å². The fraction of sp³-hybridized carbons (Fsp3) is 0.136. The van der Waals surface area contributed by atoms with Crippen LogP contribution in [0.1, 0.15) is 5.56 Å². The molecule has 0 atom stereocenters. The van der Waals surface area contributed by atoms with Gasteiger partial charge < -0.3 is 4.90 Å². The van der Waals surface area contributed by atoms with Crippen LogP contribution in [0.4, 0.5) is 0 Å². The highest BCUT2D eigenvalue weighted by atomic mass is 35.5. The van der Waals surface area contributed by atoms with Crippen molar-refractivity contribution in [3.05, 3.63) is 81.7 Å². The van der Waals surface area contributed by atoms with Gasteiger partial charge in [0.2, 0.25) is 5.91 Å². The van der Waals surface area contributed by atoms with Crippen molar-refractivity contribution in [2.75, 3.05) is 14.1 Å². The van der Waals surface area contributed by atoms with Gasteiger partial charge in [-0.2, -0.15) is 9.61 Å². The number of carbonyl (C=O) groups is 1. The van der Waals surface area contributed by atoms with E-state index in [1.165, 1.54) is 9.42 Å². The number of nitrogens with zero attached hydrogens (tertiary/aromatic N) is 3. The zero-order valence-electron chi connectivity index (χ0n) is 15.5. The van der Waals surface area contributed by atoms with Crippen LogP contribution >= 0.6 is 11.6 Å². The number of hydrogen-bond acceptors (Lipinski definition) is 3. The number of aromatic nitrogens is 2. The van der Waals surface area contributed by atoms with Crippen LogP contribution < -0.4 is 5.56 Å². The van der Waals surface area contributed by atoms with Gasteiger partial charge in [-0.3, -0.25) is 9.59 Å². The first-order chi connectivity index (χ1) is 13.5. The maximum Gasteiger partial charge on any atom is 0.279 e. The Hall–Kier alpha value is -3.18. The molecule has 0 radical (unpaired) electrons. The molecule has 0 spiro atoms. The van der Waals surface area contributed by atoms with Crippen molar-refractivity contribution in [3.8, 4) is 11.1 Å². The molecule has 0 aliphatic carbocycles. The Morgan fingerprint density at radius 3 is 2.57 bits per heavy atom. The van der Waals surface area contributed by atoms with Gasteiger partial charge in [0.25, 0.3) is 5.56 Å². The van der Waals surface area contributed by atoms with Crippen molar-refractivity contribution in [2.24, 2.45) is 0 Å². The van der Waals surface area contributed by atoms with E-state index in [9.17, 15) is 9.59 Å². The van der Waals surface area contributed by atoms with Crippen molar-refractivity contribution in [1.29, 1.82) is 0 Å². The maximum absolute atomic E-state index is 13.2. The maximum atomic E-state index is 13.2. The second kappa shape index (κ2) is 7.09. The SMILES string of the molecule is CN(C)C(=O)Cc1cc(-c2ccccc2)c(=O)n2ncc3ccc(Cl)cc3c12. The topological polar surface area (TPSA) is 54.7 Å². The summed E-state index contributed by atoms with van der Waals surface area (Å²) in [5.41, 5.74) is 2.41. The van der Waals surface area contributed by atoms with Gasteiger partial charge in [0.15, 0.2) is 0 Å². The third kappa shape index (κ3) is 3.14. The van der Waals surface area contributed by atoms with Crippen LogP contribution in [0.3, 0.4) is 0 Å². The van der Waals surface area contributed by atoms with E-state index in [2.05, 4.69) is 5.10 Å². The molecule has 2 aromatic carbocycles. The average Bonchev–Trinajstić information content (AvgIpc) is 2.69. The minimum Gasteiger partial charge on any atom is -0.349 e. The van der Waals surface area contributed by atoms with Crippen molar-refractivity contribution in [2.45, 2.75) is 6.42 Å². The van der Waals surface area contributed by atoms with E-state index in [1.807, 2.05) is 36.4 Å². The Morgan fingerprint density at radius 1 is 1.11 bits per heavy atom. The number of fused-ring (bicyclic) bond motifs is 3. The average molecular weight is 392 g/mol. The molecule has 4 aromatic rings. The quantitative estimate of drug-likeness (QED) is 0.499. The van der Waals surface area contributed by atoms with Crippen LogP contribution in [0.25, 0.3) is 27.4 Å². The largest absolute Gasteiger partial charge is 0.349 e. The lowest BCUT2D eigenvalue weighted by atomic mass is 10.00. The fourth-order valence-corrected chi connectivity index (χ4v) is 3.47. The van der Waals surface area contributed by atoms with Crippen molar-refractivity contribution >= 4 is 33.8 Å². The molecule has 6 heteroatoms. The van der Waals surface area contributed by atoms with Gasteiger partial charge >= 0.3 is 0 Å². The van der Waals surface area contributed by atoms with Gasteiger partial charge in [0, 0.05) is 35.5 Å². The molecule has 0 saturated heterocycles. The molecule has 4 rings (SSSR count). The summed E-state index contributed by atoms with van der Waals surface area (Å²) in [7, 11) is 3.43. The van der Waals surface area contributed by atoms with Gasteiger partial charge in [0.05, 0.1) is 18.1 Å². The van der Waals surface area contributed by atoms with Gasteiger partial charge in [-0.1, -0.05) is 48.0 Å². The zero-order chi connectivity index (χ0) is 19.8. The first kappa shape index (κ1) is 18.2. The summed E-state index contributed by atoms with van der Waals surface area (Å²) in [6.45, 7) is 0. The molecule has 140 valence electrons. The molecule has 0 saturated carbocycles. The number of amides is 1. The zero-order valence-corrected chi connectivity index (χ0v) is 16.3. The Morgan fingerprint density at radius 2 is 1.86 bits per heavy atom. The number of likely N-dealkylation sites (N-methyl/N-ethyl adjacent to an activating group) is 1. The smallest absolute Gasteiger partial charge is 0.279 e. The number of rotatable bonds is 3. The molecule has 2 heterocycles. The number of benzene rings is 2. The fourth-order valence-electron chi connectivity index (χ4n) is 3.30. The van der Waals surface area contributed by atoms with Crippen molar-refractivity contribution < 1.29 is 4.79 Å². The Labute approximate surface area is 166 Å². The molecule has 2 aromatic heterocycles. The predicted octanol–water partition coefficient (Wildman–Crippen LogP) is 3.80.